The van der Waals surface area contributed by atoms with Gasteiger partial charge in [0.05, 0.1) is 0 Å². The number of rotatable bonds is 5. The lowest BCUT2D eigenvalue weighted by Crippen LogP contribution is -2.46. The Hall–Kier alpha value is -0.580. The van der Waals surface area contributed by atoms with E-state index in [1.807, 2.05) is 27.7 Å². The predicted molar refractivity (Wildman–Crippen MR) is 82.8 cm³/mol. The van der Waals surface area contributed by atoms with Crippen molar-refractivity contribution in [2.75, 3.05) is 11.9 Å². The molecule has 1 saturated carbocycles. The van der Waals surface area contributed by atoms with Gasteiger partial charge in [0.2, 0.25) is 5.91 Å². The van der Waals surface area contributed by atoms with Crippen molar-refractivity contribution in [2.45, 2.75) is 65.0 Å². The van der Waals surface area contributed by atoms with Crippen LogP contribution >= 0.6 is 15.9 Å². The van der Waals surface area contributed by atoms with Gasteiger partial charge < -0.3 is 9.64 Å². The largest absolute Gasteiger partial charge is 0.459 e. The molecule has 20 heavy (non-hydrogen) atoms. The molecular weight excluding hydrogens is 322 g/mol. The van der Waals surface area contributed by atoms with Gasteiger partial charge in [-0.3, -0.25) is 9.59 Å². The maximum absolute atomic E-state index is 12.5. The Morgan fingerprint density at radius 2 is 1.85 bits per heavy atom. The Morgan fingerprint density at radius 1 is 1.30 bits per heavy atom. The summed E-state index contributed by atoms with van der Waals surface area (Å²) in [5.74, 6) is -0.391. The zero-order valence-electron chi connectivity index (χ0n) is 12.9. The van der Waals surface area contributed by atoms with E-state index in [2.05, 4.69) is 15.9 Å². The molecule has 1 amide bonds. The minimum Gasteiger partial charge on any atom is -0.459 e. The van der Waals surface area contributed by atoms with Crippen LogP contribution in [0, 0.1) is 5.92 Å². The maximum Gasteiger partial charge on any atom is 0.326 e. The van der Waals surface area contributed by atoms with Crippen LogP contribution in [0.2, 0.25) is 0 Å². The monoisotopic (exact) mass is 347 g/mol. The van der Waals surface area contributed by atoms with Gasteiger partial charge >= 0.3 is 5.97 Å². The van der Waals surface area contributed by atoms with Crippen molar-refractivity contribution in [3.8, 4) is 0 Å². The molecule has 0 saturated heterocycles. The Bertz CT molecular complexity index is 346. The molecular formula is C15H26BrNO3. The van der Waals surface area contributed by atoms with Crippen molar-refractivity contribution < 1.29 is 14.3 Å². The molecule has 0 aromatic heterocycles. The second kappa shape index (κ2) is 7.43. The van der Waals surface area contributed by atoms with Crippen LogP contribution < -0.4 is 0 Å². The van der Waals surface area contributed by atoms with E-state index in [0.717, 1.165) is 25.7 Å². The van der Waals surface area contributed by atoms with Gasteiger partial charge in [0, 0.05) is 17.3 Å². The van der Waals surface area contributed by atoms with Crippen molar-refractivity contribution >= 4 is 27.8 Å². The normalized spacial score (nSPS) is 17.9. The van der Waals surface area contributed by atoms with Gasteiger partial charge in [0.25, 0.3) is 0 Å². The Balaban J connectivity index is 2.72. The first kappa shape index (κ1) is 17.5. The molecule has 0 aliphatic heterocycles. The second-order valence-corrected chi connectivity index (χ2v) is 7.19. The number of alkyl halides is 1. The fourth-order valence-corrected chi connectivity index (χ4v) is 2.74. The number of hydrogen-bond acceptors (Lipinski definition) is 3. The number of nitrogens with zero attached hydrogens (tertiary/aromatic N) is 1. The molecule has 1 rings (SSSR count). The summed E-state index contributed by atoms with van der Waals surface area (Å²) in [5, 5.41) is 0.614. The topological polar surface area (TPSA) is 46.6 Å². The molecule has 0 aromatic rings. The lowest BCUT2D eigenvalue weighted by atomic mass is 10.1. The molecule has 116 valence electrons. The number of carbonyl (C=O) groups excluding carboxylic acids is 2. The summed E-state index contributed by atoms with van der Waals surface area (Å²) in [6.45, 7) is 7.47. The Morgan fingerprint density at radius 3 is 2.30 bits per heavy atom. The predicted octanol–water partition coefficient (Wildman–Crippen LogP) is 3.13. The van der Waals surface area contributed by atoms with Crippen LogP contribution in [0.4, 0.5) is 0 Å². The second-order valence-electron chi connectivity index (χ2n) is 6.55. The van der Waals surface area contributed by atoms with Crippen LogP contribution in [0.25, 0.3) is 0 Å². The molecule has 1 unspecified atom stereocenters. The summed E-state index contributed by atoms with van der Waals surface area (Å²) >= 11 is 3.34. The van der Waals surface area contributed by atoms with Gasteiger partial charge in [-0.2, -0.15) is 0 Å². The average molecular weight is 348 g/mol. The highest BCUT2D eigenvalue weighted by atomic mass is 79.9. The SMILES string of the molecule is CC(CBr)C(=O)N(CC(=O)OC(C)(C)C)C1CCCC1. The molecule has 4 nitrogen and oxygen atoms in total. The van der Waals surface area contributed by atoms with Crippen LogP contribution in [0.1, 0.15) is 53.4 Å². The number of hydrogen-bond donors (Lipinski definition) is 0. The van der Waals surface area contributed by atoms with Gasteiger partial charge in [0.1, 0.15) is 12.1 Å². The highest BCUT2D eigenvalue weighted by Crippen LogP contribution is 2.25. The van der Waals surface area contributed by atoms with Crippen LogP contribution in [-0.4, -0.2) is 40.3 Å². The van der Waals surface area contributed by atoms with Crippen LogP contribution in [-0.2, 0) is 14.3 Å². The molecule has 0 heterocycles. The number of ether oxygens (including phenoxy) is 1. The van der Waals surface area contributed by atoms with Gasteiger partial charge in [-0.15, -0.1) is 0 Å². The molecule has 1 atom stereocenters. The summed E-state index contributed by atoms with van der Waals surface area (Å²) in [6.07, 6.45) is 4.24. The minimum atomic E-state index is -0.511. The first-order chi connectivity index (χ1) is 9.24. The van der Waals surface area contributed by atoms with Gasteiger partial charge in [-0.1, -0.05) is 35.7 Å². The van der Waals surface area contributed by atoms with Crippen molar-refractivity contribution in [3.63, 3.8) is 0 Å². The lowest BCUT2D eigenvalue weighted by Gasteiger charge is -2.31. The molecule has 5 heteroatoms. The molecule has 0 radical (unpaired) electrons. The van der Waals surface area contributed by atoms with Crippen molar-refractivity contribution in [3.05, 3.63) is 0 Å². The number of halogens is 1. The molecule has 1 aliphatic carbocycles. The third-order valence-corrected chi connectivity index (χ3v) is 4.39. The standard InChI is InChI=1S/C15H26BrNO3/c1-11(9-16)14(19)17(12-7-5-6-8-12)10-13(18)20-15(2,3)4/h11-12H,5-10H2,1-4H3. The Kier molecular flexibility index (Phi) is 6.49. The maximum atomic E-state index is 12.5. The van der Waals surface area contributed by atoms with E-state index in [0.29, 0.717) is 5.33 Å². The number of esters is 1. The van der Waals surface area contributed by atoms with E-state index in [-0.39, 0.29) is 30.4 Å². The molecule has 0 aromatic carbocycles. The fourth-order valence-electron chi connectivity index (χ4n) is 2.46. The zero-order chi connectivity index (χ0) is 15.3. The third-order valence-electron chi connectivity index (χ3n) is 3.42. The van der Waals surface area contributed by atoms with Gasteiger partial charge in [-0.25, -0.2) is 0 Å². The van der Waals surface area contributed by atoms with Crippen LogP contribution in [0.15, 0.2) is 0 Å². The quantitative estimate of drug-likeness (QED) is 0.566. The number of carbonyl (C=O) groups is 2. The summed E-state index contributed by atoms with van der Waals surface area (Å²) in [5.41, 5.74) is -0.511. The highest BCUT2D eigenvalue weighted by Gasteiger charge is 2.31. The molecule has 1 fully saturated rings. The molecule has 0 N–H and O–H groups in total. The summed E-state index contributed by atoms with van der Waals surface area (Å²) in [7, 11) is 0. The third kappa shape index (κ3) is 5.43. The smallest absolute Gasteiger partial charge is 0.326 e. The van der Waals surface area contributed by atoms with Crippen molar-refractivity contribution in [2.24, 2.45) is 5.92 Å². The number of amides is 1. The molecule has 0 spiro atoms. The molecule has 1 aliphatic rings. The first-order valence-corrected chi connectivity index (χ1v) is 8.45. The first-order valence-electron chi connectivity index (χ1n) is 7.33. The lowest BCUT2D eigenvalue weighted by molar-refractivity contribution is -0.160. The summed E-state index contributed by atoms with van der Waals surface area (Å²) in [4.78, 5) is 26.2. The van der Waals surface area contributed by atoms with E-state index in [4.69, 9.17) is 4.74 Å². The van der Waals surface area contributed by atoms with E-state index in [1.165, 1.54) is 0 Å². The Labute approximate surface area is 130 Å². The fraction of sp³-hybridized carbons (Fsp3) is 0.867. The molecule has 0 bridgehead atoms. The van der Waals surface area contributed by atoms with E-state index in [1.54, 1.807) is 4.90 Å². The van der Waals surface area contributed by atoms with Crippen molar-refractivity contribution in [1.29, 1.82) is 0 Å². The van der Waals surface area contributed by atoms with Gasteiger partial charge in [-0.05, 0) is 33.6 Å². The van der Waals surface area contributed by atoms with E-state index < -0.39 is 5.60 Å². The zero-order valence-corrected chi connectivity index (χ0v) is 14.5. The average Bonchev–Trinajstić information content (AvgIpc) is 2.85. The minimum absolute atomic E-state index is 0.0413. The van der Waals surface area contributed by atoms with Crippen LogP contribution in [0.5, 0.6) is 0 Å². The van der Waals surface area contributed by atoms with Crippen LogP contribution in [0.3, 0.4) is 0 Å². The van der Waals surface area contributed by atoms with E-state index >= 15 is 0 Å². The van der Waals surface area contributed by atoms with E-state index in [9.17, 15) is 9.59 Å². The van der Waals surface area contributed by atoms with Gasteiger partial charge in [0.15, 0.2) is 0 Å². The van der Waals surface area contributed by atoms with Crippen molar-refractivity contribution in [1.82, 2.24) is 4.90 Å². The highest BCUT2D eigenvalue weighted by molar-refractivity contribution is 9.09. The summed E-state index contributed by atoms with van der Waals surface area (Å²) in [6, 6.07) is 0.191. The summed E-state index contributed by atoms with van der Waals surface area (Å²) < 4.78 is 5.35.